The first-order valence-corrected chi connectivity index (χ1v) is 5.92. The summed E-state index contributed by atoms with van der Waals surface area (Å²) in [5.41, 5.74) is 0.381. The van der Waals surface area contributed by atoms with Gasteiger partial charge < -0.3 is 14.5 Å². The Morgan fingerprint density at radius 1 is 1.43 bits per heavy atom. The number of hydrogen-bond donors (Lipinski definition) is 2. The first kappa shape index (κ1) is 11.4. The fraction of sp³-hybridized carbons (Fsp3) is 0.333. The van der Waals surface area contributed by atoms with Crippen molar-refractivity contribution < 1.29 is 19.1 Å². The molecule has 78 valence electrons. The molecule has 1 aromatic carbocycles. The first-order chi connectivity index (χ1) is 6.58. The van der Waals surface area contributed by atoms with Crippen molar-refractivity contribution in [2.24, 2.45) is 0 Å². The lowest BCUT2D eigenvalue weighted by Gasteiger charge is -2.17. The van der Waals surface area contributed by atoms with Gasteiger partial charge in [0.15, 0.2) is 5.85 Å². The van der Waals surface area contributed by atoms with E-state index in [1.807, 2.05) is 0 Å². The SMILES string of the molecule is CCOP(=O)(O)C(O)c1ccccc1. The van der Waals surface area contributed by atoms with Crippen molar-refractivity contribution in [2.45, 2.75) is 12.8 Å². The molecule has 0 amide bonds. The van der Waals surface area contributed by atoms with E-state index < -0.39 is 13.4 Å². The molecule has 0 saturated heterocycles. The average Bonchev–Trinajstić information content (AvgIpc) is 2.18. The van der Waals surface area contributed by atoms with Crippen LogP contribution in [-0.4, -0.2) is 16.6 Å². The Kier molecular flexibility index (Phi) is 3.84. The summed E-state index contributed by atoms with van der Waals surface area (Å²) in [6, 6.07) is 8.29. The smallest absolute Gasteiger partial charge is 0.360 e. The highest BCUT2D eigenvalue weighted by molar-refractivity contribution is 7.53. The molecule has 4 nitrogen and oxygen atoms in total. The van der Waals surface area contributed by atoms with Crippen LogP contribution in [0.15, 0.2) is 30.3 Å². The molecule has 14 heavy (non-hydrogen) atoms. The molecule has 2 atom stereocenters. The third kappa shape index (κ3) is 2.66. The molecule has 5 heteroatoms. The van der Waals surface area contributed by atoms with Crippen molar-refractivity contribution in [3.63, 3.8) is 0 Å². The lowest BCUT2D eigenvalue weighted by molar-refractivity contribution is 0.177. The Morgan fingerprint density at radius 3 is 2.50 bits per heavy atom. The highest BCUT2D eigenvalue weighted by Gasteiger charge is 2.31. The highest BCUT2D eigenvalue weighted by Crippen LogP contribution is 2.54. The van der Waals surface area contributed by atoms with E-state index in [0.717, 1.165) is 0 Å². The molecule has 2 unspecified atom stereocenters. The quantitative estimate of drug-likeness (QED) is 0.754. The van der Waals surface area contributed by atoms with Crippen molar-refractivity contribution in [2.75, 3.05) is 6.61 Å². The molecule has 1 aromatic rings. The monoisotopic (exact) mass is 216 g/mol. The molecule has 0 aliphatic carbocycles. The number of aliphatic hydroxyl groups excluding tert-OH is 1. The van der Waals surface area contributed by atoms with Crippen LogP contribution in [0.5, 0.6) is 0 Å². The average molecular weight is 216 g/mol. The van der Waals surface area contributed by atoms with Crippen molar-refractivity contribution in [3.05, 3.63) is 35.9 Å². The van der Waals surface area contributed by atoms with E-state index in [2.05, 4.69) is 4.52 Å². The molecule has 0 bridgehead atoms. The maximum Gasteiger partial charge on any atom is 0.360 e. The van der Waals surface area contributed by atoms with Crippen molar-refractivity contribution in [1.29, 1.82) is 0 Å². The van der Waals surface area contributed by atoms with Gasteiger partial charge in [-0.15, -0.1) is 0 Å². The molecule has 0 aliphatic rings. The van der Waals surface area contributed by atoms with Crippen LogP contribution in [0.3, 0.4) is 0 Å². The summed E-state index contributed by atoms with van der Waals surface area (Å²) < 4.78 is 16.0. The number of hydrogen-bond acceptors (Lipinski definition) is 3. The summed E-state index contributed by atoms with van der Waals surface area (Å²) in [6.45, 7) is 1.69. The standard InChI is InChI=1S/C9H13O4P/c1-2-13-14(11,12)9(10)8-6-4-3-5-7-8/h3-7,9-10H,2H2,1H3,(H,11,12). The fourth-order valence-corrected chi connectivity index (χ4v) is 2.13. The van der Waals surface area contributed by atoms with Gasteiger partial charge in [-0.25, -0.2) is 0 Å². The van der Waals surface area contributed by atoms with Gasteiger partial charge in [0.25, 0.3) is 0 Å². The Hall–Kier alpha value is -0.670. The van der Waals surface area contributed by atoms with E-state index in [0.29, 0.717) is 5.56 Å². The Morgan fingerprint density at radius 2 is 2.00 bits per heavy atom. The fourth-order valence-electron chi connectivity index (χ4n) is 1.07. The van der Waals surface area contributed by atoms with Gasteiger partial charge in [-0.2, -0.15) is 0 Å². The molecule has 1 rings (SSSR count). The molecule has 0 heterocycles. The highest BCUT2D eigenvalue weighted by atomic mass is 31.2. The zero-order chi connectivity index (χ0) is 10.6. The van der Waals surface area contributed by atoms with Crippen LogP contribution >= 0.6 is 7.60 Å². The molecule has 0 spiro atoms. The largest absolute Gasteiger partial charge is 0.376 e. The normalized spacial score (nSPS) is 17.4. The molecular formula is C9H13O4P. The summed E-state index contributed by atoms with van der Waals surface area (Å²) in [5.74, 6) is -1.47. The van der Waals surface area contributed by atoms with Crippen molar-refractivity contribution in [3.8, 4) is 0 Å². The lowest BCUT2D eigenvalue weighted by Crippen LogP contribution is -2.01. The predicted octanol–water partition coefficient (Wildman–Crippen LogP) is 1.90. The van der Waals surface area contributed by atoms with E-state index >= 15 is 0 Å². The third-order valence-electron chi connectivity index (χ3n) is 1.72. The number of aliphatic hydroxyl groups is 1. The van der Waals surface area contributed by atoms with Crippen molar-refractivity contribution >= 4 is 7.60 Å². The van der Waals surface area contributed by atoms with Gasteiger partial charge in [-0.05, 0) is 12.5 Å². The molecular weight excluding hydrogens is 203 g/mol. The van der Waals surface area contributed by atoms with Gasteiger partial charge in [0, 0.05) is 0 Å². The van der Waals surface area contributed by atoms with Gasteiger partial charge in [-0.1, -0.05) is 30.3 Å². The summed E-state index contributed by atoms with van der Waals surface area (Å²) in [4.78, 5) is 9.32. The van der Waals surface area contributed by atoms with Crippen LogP contribution in [0, 0.1) is 0 Å². The molecule has 0 saturated carbocycles. The first-order valence-electron chi connectivity index (χ1n) is 4.28. The second-order valence-corrected chi connectivity index (χ2v) is 4.64. The minimum absolute atomic E-state index is 0.0949. The molecule has 0 fully saturated rings. The van der Waals surface area contributed by atoms with E-state index in [-0.39, 0.29) is 6.61 Å². The van der Waals surface area contributed by atoms with Crippen LogP contribution in [0.25, 0.3) is 0 Å². The summed E-state index contributed by atoms with van der Waals surface area (Å²) >= 11 is 0. The van der Waals surface area contributed by atoms with E-state index in [1.54, 1.807) is 37.3 Å². The van der Waals surface area contributed by atoms with Crippen LogP contribution in [0.4, 0.5) is 0 Å². The predicted molar refractivity (Wildman–Crippen MR) is 52.9 cm³/mol. The third-order valence-corrected chi connectivity index (χ3v) is 3.27. The number of rotatable bonds is 4. The van der Waals surface area contributed by atoms with Gasteiger partial charge >= 0.3 is 7.60 Å². The molecule has 0 aromatic heterocycles. The van der Waals surface area contributed by atoms with Gasteiger partial charge in [0.05, 0.1) is 6.61 Å². The summed E-state index contributed by atoms with van der Waals surface area (Å²) in [6.07, 6.45) is 0. The summed E-state index contributed by atoms with van der Waals surface area (Å²) in [7, 11) is -3.95. The van der Waals surface area contributed by atoms with Gasteiger partial charge in [0.1, 0.15) is 0 Å². The van der Waals surface area contributed by atoms with Crippen LogP contribution < -0.4 is 0 Å². The Balaban J connectivity index is 2.85. The van der Waals surface area contributed by atoms with Crippen LogP contribution in [0.2, 0.25) is 0 Å². The van der Waals surface area contributed by atoms with Gasteiger partial charge in [0.2, 0.25) is 0 Å². The summed E-state index contributed by atoms with van der Waals surface area (Å²) in [5, 5.41) is 9.54. The molecule has 2 N–H and O–H groups in total. The number of benzene rings is 1. The van der Waals surface area contributed by atoms with E-state index in [4.69, 9.17) is 0 Å². The van der Waals surface area contributed by atoms with E-state index in [1.165, 1.54) is 0 Å². The molecule has 0 aliphatic heterocycles. The maximum absolute atomic E-state index is 11.4. The topological polar surface area (TPSA) is 66.8 Å². The Bertz CT molecular complexity index is 325. The minimum atomic E-state index is -3.95. The second kappa shape index (κ2) is 4.71. The van der Waals surface area contributed by atoms with Crippen molar-refractivity contribution in [1.82, 2.24) is 0 Å². The van der Waals surface area contributed by atoms with E-state index in [9.17, 15) is 14.6 Å². The lowest BCUT2D eigenvalue weighted by atomic mass is 10.2. The van der Waals surface area contributed by atoms with Crippen LogP contribution in [0.1, 0.15) is 18.3 Å². The molecule has 0 radical (unpaired) electrons. The zero-order valence-electron chi connectivity index (χ0n) is 7.83. The maximum atomic E-state index is 11.4. The Labute approximate surface area is 82.7 Å². The minimum Gasteiger partial charge on any atom is -0.376 e. The zero-order valence-corrected chi connectivity index (χ0v) is 8.72. The van der Waals surface area contributed by atoms with Crippen LogP contribution in [-0.2, 0) is 9.09 Å². The second-order valence-electron chi connectivity index (χ2n) is 2.77. The van der Waals surface area contributed by atoms with Gasteiger partial charge in [-0.3, -0.25) is 4.57 Å².